The van der Waals surface area contributed by atoms with E-state index in [1.165, 1.54) is 6.92 Å². The Morgan fingerprint density at radius 1 is 1.17 bits per heavy atom. The van der Waals surface area contributed by atoms with Crippen molar-refractivity contribution in [1.29, 1.82) is 0 Å². The number of halogens is 1. The molecule has 3 nitrogen and oxygen atoms in total. The molecule has 0 aliphatic carbocycles. The maximum absolute atomic E-state index is 13.6. The molecule has 102 valence electrons. The molecule has 0 bridgehead atoms. The topological polar surface area (TPSA) is 44.5 Å². The van der Waals surface area contributed by atoms with Gasteiger partial charge in [-0.2, -0.15) is 0 Å². The summed E-state index contributed by atoms with van der Waals surface area (Å²) < 4.78 is 24.1. The minimum atomic E-state index is -1.02. The summed E-state index contributed by atoms with van der Waals surface area (Å²) in [5.41, 5.74) is 7.11. The molecule has 0 amide bonds. The zero-order valence-electron chi connectivity index (χ0n) is 11.3. The SMILES string of the molecule is COc1cc(CCCCN)c(C(C)F)cc1OC. The fourth-order valence-electron chi connectivity index (χ4n) is 1.98. The molecule has 0 saturated carbocycles. The second kappa shape index (κ2) is 7.21. The zero-order chi connectivity index (χ0) is 13.5. The molecule has 0 fully saturated rings. The minimum absolute atomic E-state index is 0.569. The summed E-state index contributed by atoms with van der Waals surface area (Å²) in [5.74, 6) is 1.21. The number of rotatable bonds is 7. The van der Waals surface area contributed by atoms with Crippen molar-refractivity contribution in [2.75, 3.05) is 20.8 Å². The third-order valence-electron chi connectivity index (χ3n) is 2.97. The molecular weight excluding hydrogens is 233 g/mol. The van der Waals surface area contributed by atoms with Gasteiger partial charge in [-0.15, -0.1) is 0 Å². The fraction of sp³-hybridized carbons (Fsp3) is 0.571. The van der Waals surface area contributed by atoms with Crippen molar-refractivity contribution in [2.24, 2.45) is 5.73 Å². The van der Waals surface area contributed by atoms with E-state index < -0.39 is 6.17 Å². The average Bonchev–Trinajstić information content (AvgIpc) is 2.38. The highest BCUT2D eigenvalue weighted by Gasteiger charge is 2.15. The second-order valence-electron chi connectivity index (χ2n) is 4.27. The predicted octanol–water partition coefficient (Wildman–Crippen LogP) is 3.02. The quantitative estimate of drug-likeness (QED) is 0.762. The Balaban J connectivity index is 3.04. The van der Waals surface area contributed by atoms with Gasteiger partial charge < -0.3 is 15.2 Å². The molecule has 0 aliphatic rings. The van der Waals surface area contributed by atoms with Gasteiger partial charge in [0.15, 0.2) is 11.5 Å². The lowest BCUT2D eigenvalue weighted by atomic mass is 9.98. The molecule has 1 rings (SSSR count). The molecule has 0 radical (unpaired) electrons. The van der Waals surface area contributed by atoms with Gasteiger partial charge >= 0.3 is 0 Å². The van der Waals surface area contributed by atoms with Crippen LogP contribution in [0.2, 0.25) is 0 Å². The first-order valence-corrected chi connectivity index (χ1v) is 6.23. The van der Waals surface area contributed by atoms with Gasteiger partial charge in [0, 0.05) is 0 Å². The van der Waals surface area contributed by atoms with E-state index in [4.69, 9.17) is 15.2 Å². The summed E-state index contributed by atoms with van der Waals surface area (Å²) in [5, 5.41) is 0. The summed E-state index contributed by atoms with van der Waals surface area (Å²) in [7, 11) is 3.14. The number of ether oxygens (including phenoxy) is 2. The second-order valence-corrected chi connectivity index (χ2v) is 4.27. The largest absolute Gasteiger partial charge is 0.493 e. The van der Waals surface area contributed by atoms with E-state index in [9.17, 15) is 4.39 Å². The van der Waals surface area contributed by atoms with Crippen molar-refractivity contribution in [3.63, 3.8) is 0 Å². The predicted molar refractivity (Wildman–Crippen MR) is 71.1 cm³/mol. The number of benzene rings is 1. The zero-order valence-corrected chi connectivity index (χ0v) is 11.3. The number of alkyl halides is 1. The monoisotopic (exact) mass is 255 g/mol. The molecule has 1 aromatic rings. The number of methoxy groups -OCH3 is 2. The van der Waals surface area contributed by atoms with Crippen LogP contribution in [0.5, 0.6) is 11.5 Å². The number of aryl methyl sites for hydroxylation is 1. The van der Waals surface area contributed by atoms with Crippen LogP contribution in [0.25, 0.3) is 0 Å². The van der Waals surface area contributed by atoms with Crippen LogP contribution < -0.4 is 15.2 Å². The van der Waals surface area contributed by atoms with E-state index in [0.29, 0.717) is 23.6 Å². The number of hydrogen-bond donors (Lipinski definition) is 1. The van der Waals surface area contributed by atoms with Crippen LogP contribution in [0.15, 0.2) is 12.1 Å². The van der Waals surface area contributed by atoms with E-state index in [0.717, 1.165) is 24.8 Å². The van der Waals surface area contributed by atoms with E-state index >= 15 is 0 Å². The Bertz CT molecular complexity index is 380. The summed E-state index contributed by atoms with van der Waals surface area (Å²) in [6.45, 7) is 2.20. The smallest absolute Gasteiger partial charge is 0.161 e. The van der Waals surface area contributed by atoms with Crippen molar-refractivity contribution < 1.29 is 13.9 Å². The van der Waals surface area contributed by atoms with Gasteiger partial charge in [0.1, 0.15) is 6.17 Å². The molecule has 0 aliphatic heterocycles. The Hall–Kier alpha value is -1.29. The molecule has 1 unspecified atom stereocenters. The van der Waals surface area contributed by atoms with Gasteiger partial charge in [0.05, 0.1) is 14.2 Å². The third-order valence-corrected chi connectivity index (χ3v) is 2.97. The number of unbranched alkanes of at least 4 members (excludes halogenated alkanes) is 1. The first-order valence-electron chi connectivity index (χ1n) is 6.23. The number of nitrogens with two attached hydrogens (primary N) is 1. The van der Waals surface area contributed by atoms with Crippen LogP contribution in [0.3, 0.4) is 0 Å². The molecule has 1 aromatic carbocycles. The van der Waals surface area contributed by atoms with Crippen LogP contribution in [0.1, 0.15) is 37.1 Å². The fourth-order valence-corrected chi connectivity index (χ4v) is 1.98. The van der Waals surface area contributed by atoms with Crippen LogP contribution in [-0.4, -0.2) is 20.8 Å². The van der Waals surface area contributed by atoms with Crippen LogP contribution in [0.4, 0.5) is 4.39 Å². The number of hydrogen-bond acceptors (Lipinski definition) is 3. The molecule has 4 heteroatoms. The molecule has 0 saturated heterocycles. The summed E-state index contributed by atoms with van der Waals surface area (Å²) in [4.78, 5) is 0. The van der Waals surface area contributed by atoms with E-state index in [1.54, 1.807) is 20.3 Å². The lowest BCUT2D eigenvalue weighted by Crippen LogP contribution is -2.02. The Morgan fingerprint density at radius 2 is 1.78 bits per heavy atom. The van der Waals surface area contributed by atoms with E-state index in [-0.39, 0.29) is 0 Å². The maximum Gasteiger partial charge on any atom is 0.161 e. The molecule has 18 heavy (non-hydrogen) atoms. The molecule has 0 spiro atoms. The summed E-state index contributed by atoms with van der Waals surface area (Å²) >= 11 is 0. The normalized spacial score (nSPS) is 12.3. The van der Waals surface area contributed by atoms with Crippen molar-refractivity contribution in [2.45, 2.75) is 32.4 Å². The van der Waals surface area contributed by atoms with E-state index in [1.807, 2.05) is 6.07 Å². The van der Waals surface area contributed by atoms with Gasteiger partial charge in [0.2, 0.25) is 0 Å². The van der Waals surface area contributed by atoms with Crippen molar-refractivity contribution in [3.05, 3.63) is 23.3 Å². The van der Waals surface area contributed by atoms with Gasteiger partial charge in [-0.3, -0.25) is 0 Å². The van der Waals surface area contributed by atoms with Crippen LogP contribution in [0, 0.1) is 0 Å². The van der Waals surface area contributed by atoms with Gasteiger partial charge in [-0.1, -0.05) is 0 Å². The van der Waals surface area contributed by atoms with Crippen molar-refractivity contribution in [1.82, 2.24) is 0 Å². The maximum atomic E-state index is 13.6. The van der Waals surface area contributed by atoms with Gasteiger partial charge in [0.25, 0.3) is 0 Å². The summed E-state index contributed by atoms with van der Waals surface area (Å²) in [6.07, 6.45) is 1.68. The van der Waals surface area contributed by atoms with Crippen LogP contribution >= 0.6 is 0 Å². The highest BCUT2D eigenvalue weighted by atomic mass is 19.1. The average molecular weight is 255 g/mol. The molecule has 2 N–H and O–H groups in total. The lowest BCUT2D eigenvalue weighted by Gasteiger charge is -2.15. The third kappa shape index (κ3) is 3.60. The Labute approximate surface area is 108 Å². The minimum Gasteiger partial charge on any atom is -0.493 e. The Kier molecular flexibility index (Phi) is 5.92. The molecule has 0 heterocycles. The van der Waals surface area contributed by atoms with Gasteiger partial charge in [-0.25, -0.2) is 4.39 Å². The van der Waals surface area contributed by atoms with E-state index in [2.05, 4.69) is 0 Å². The summed E-state index contributed by atoms with van der Waals surface area (Å²) in [6, 6.07) is 3.59. The lowest BCUT2D eigenvalue weighted by molar-refractivity contribution is 0.345. The van der Waals surface area contributed by atoms with Crippen LogP contribution in [-0.2, 0) is 6.42 Å². The highest BCUT2D eigenvalue weighted by Crippen LogP contribution is 2.34. The Morgan fingerprint density at radius 3 is 2.28 bits per heavy atom. The first-order chi connectivity index (χ1) is 8.63. The molecule has 0 aromatic heterocycles. The van der Waals surface area contributed by atoms with Crippen molar-refractivity contribution >= 4 is 0 Å². The van der Waals surface area contributed by atoms with Gasteiger partial charge in [-0.05, 0) is 56.0 Å². The first kappa shape index (κ1) is 14.8. The molecule has 1 atom stereocenters. The van der Waals surface area contributed by atoms with Crippen molar-refractivity contribution in [3.8, 4) is 11.5 Å². The highest BCUT2D eigenvalue weighted by molar-refractivity contribution is 5.48. The molecular formula is C14H22FNO2. The standard InChI is InChI=1S/C14H22FNO2/c1-10(15)12-9-14(18-3)13(17-2)8-11(12)6-4-5-7-16/h8-10H,4-7,16H2,1-3H3.